The molecule has 2 aromatic heterocycles. The molecule has 6 aromatic carbocycles. The molecular weight excluding hydrogens is 538 g/mol. The number of nitrogens with zero attached hydrogens (tertiary/aromatic N) is 3. The molecule has 0 N–H and O–H groups in total. The largest absolute Gasteiger partial charge is 0.455 e. The van der Waals surface area contributed by atoms with E-state index >= 15 is 0 Å². The number of para-hydroxylation sites is 2. The van der Waals surface area contributed by atoms with Gasteiger partial charge in [-0.25, -0.2) is 15.0 Å². The van der Waals surface area contributed by atoms with E-state index in [1.54, 1.807) is 0 Å². The molecule has 0 unspecified atom stereocenters. The van der Waals surface area contributed by atoms with Gasteiger partial charge in [0.1, 0.15) is 11.2 Å². The normalized spacial score (nSPS) is 11.3. The van der Waals surface area contributed by atoms with Crippen LogP contribution >= 0.6 is 0 Å². The monoisotopic (exact) mass is 565 g/mol. The van der Waals surface area contributed by atoms with Gasteiger partial charge in [0.15, 0.2) is 17.5 Å². The van der Waals surface area contributed by atoms with E-state index in [-0.39, 0.29) is 0 Å². The van der Waals surface area contributed by atoms with Crippen molar-refractivity contribution in [1.29, 1.82) is 0 Å². The first-order valence-electron chi connectivity index (χ1n) is 14.7. The lowest BCUT2D eigenvalue weighted by Gasteiger charge is -2.12. The molecule has 4 nitrogen and oxygen atoms in total. The highest BCUT2D eigenvalue weighted by atomic mass is 16.3. The molecule has 8 rings (SSSR count). The summed E-state index contributed by atoms with van der Waals surface area (Å²) in [6, 6.07) is 49.8. The third-order valence-electron chi connectivity index (χ3n) is 8.08. The van der Waals surface area contributed by atoms with Crippen LogP contribution < -0.4 is 0 Å². The van der Waals surface area contributed by atoms with Crippen LogP contribution in [0.1, 0.15) is 5.56 Å². The Balaban J connectivity index is 1.25. The third kappa shape index (κ3) is 4.63. The van der Waals surface area contributed by atoms with Crippen molar-refractivity contribution in [2.75, 3.05) is 0 Å². The molecule has 0 fully saturated rings. The summed E-state index contributed by atoms with van der Waals surface area (Å²) in [5.41, 5.74) is 10.3. The molecule has 0 radical (unpaired) electrons. The van der Waals surface area contributed by atoms with Crippen molar-refractivity contribution >= 4 is 21.9 Å². The van der Waals surface area contributed by atoms with Crippen molar-refractivity contribution in [3.8, 4) is 56.4 Å². The molecule has 0 atom stereocenters. The number of benzene rings is 6. The van der Waals surface area contributed by atoms with Gasteiger partial charge in [-0.15, -0.1) is 0 Å². The molecule has 0 spiro atoms. The maximum Gasteiger partial charge on any atom is 0.164 e. The highest BCUT2D eigenvalue weighted by molar-refractivity contribution is 6.09. The summed E-state index contributed by atoms with van der Waals surface area (Å²) in [4.78, 5) is 14.7. The first-order chi connectivity index (χ1) is 21.7. The van der Waals surface area contributed by atoms with Gasteiger partial charge in [0.05, 0.1) is 0 Å². The van der Waals surface area contributed by atoms with Crippen LogP contribution in [0.15, 0.2) is 150 Å². The van der Waals surface area contributed by atoms with Crippen molar-refractivity contribution in [3.05, 3.63) is 151 Å². The summed E-state index contributed by atoms with van der Waals surface area (Å²) in [7, 11) is 0. The average molecular weight is 566 g/mol. The summed E-state index contributed by atoms with van der Waals surface area (Å²) in [6.45, 7) is 2.15. The standard InChI is InChI=1S/C40H27N3O/c1-26-22-23-30(32-19-11-20-34-33-18-8-9-21-36(33)44-37(32)34)25-35(26)29-16-10-17-31(24-29)40-42-38(27-12-4-2-5-13-27)41-39(43-40)28-14-6-3-7-15-28/h2-25H,1H3. The molecule has 208 valence electrons. The number of aromatic nitrogens is 3. The maximum atomic E-state index is 6.36. The van der Waals surface area contributed by atoms with Crippen molar-refractivity contribution in [3.63, 3.8) is 0 Å². The Bertz CT molecular complexity index is 2230. The molecule has 0 amide bonds. The van der Waals surface area contributed by atoms with E-state index < -0.39 is 0 Å². The Kier molecular flexibility index (Phi) is 6.31. The van der Waals surface area contributed by atoms with E-state index in [4.69, 9.17) is 19.4 Å². The van der Waals surface area contributed by atoms with Crippen LogP contribution in [-0.2, 0) is 0 Å². The number of aryl methyl sites for hydroxylation is 1. The van der Waals surface area contributed by atoms with Gasteiger partial charge in [0.2, 0.25) is 0 Å². The summed E-state index contributed by atoms with van der Waals surface area (Å²) < 4.78 is 6.36. The van der Waals surface area contributed by atoms with E-state index in [2.05, 4.69) is 79.7 Å². The van der Waals surface area contributed by atoms with Gasteiger partial charge in [-0.2, -0.15) is 0 Å². The average Bonchev–Trinajstić information content (AvgIpc) is 3.48. The SMILES string of the molecule is Cc1ccc(-c2cccc3c2oc2ccccc23)cc1-c1cccc(-c2nc(-c3ccccc3)nc(-c3ccccc3)n2)c1. The van der Waals surface area contributed by atoms with Gasteiger partial charge in [0, 0.05) is 33.0 Å². The Morgan fingerprint density at radius 2 is 0.955 bits per heavy atom. The van der Waals surface area contributed by atoms with Crippen LogP contribution in [0.25, 0.3) is 78.4 Å². The van der Waals surface area contributed by atoms with E-state index in [1.165, 1.54) is 5.56 Å². The summed E-state index contributed by atoms with van der Waals surface area (Å²) >= 11 is 0. The summed E-state index contributed by atoms with van der Waals surface area (Å²) in [5, 5.41) is 2.26. The van der Waals surface area contributed by atoms with Crippen LogP contribution in [0.2, 0.25) is 0 Å². The Morgan fingerprint density at radius 3 is 1.68 bits per heavy atom. The zero-order valence-electron chi connectivity index (χ0n) is 24.1. The molecule has 0 aliphatic rings. The minimum atomic E-state index is 0.639. The van der Waals surface area contributed by atoms with E-state index in [9.17, 15) is 0 Å². The van der Waals surface area contributed by atoms with Crippen LogP contribution in [-0.4, -0.2) is 15.0 Å². The maximum absolute atomic E-state index is 6.36. The molecule has 2 heterocycles. The predicted octanol–water partition coefficient (Wildman–Crippen LogP) is 10.4. The lowest BCUT2D eigenvalue weighted by Crippen LogP contribution is -2.00. The minimum absolute atomic E-state index is 0.639. The first kappa shape index (κ1) is 25.8. The zero-order valence-corrected chi connectivity index (χ0v) is 24.1. The fraction of sp³-hybridized carbons (Fsp3) is 0.0250. The molecule has 0 bridgehead atoms. The molecule has 0 aliphatic carbocycles. The van der Waals surface area contributed by atoms with Crippen LogP contribution in [0, 0.1) is 6.92 Å². The Hall–Kier alpha value is -5.87. The number of fused-ring (bicyclic) bond motifs is 3. The number of hydrogen-bond acceptors (Lipinski definition) is 4. The Labute approximate surface area is 255 Å². The minimum Gasteiger partial charge on any atom is -0.455 e. The highest BCUT2D eigenvalue weighted by Gasteiger charge is 2.15. The Morgan fingerprint density at radius 1 is 0.409 bits per heavy atom. The second-order valence-electron chi connectivity index (χ2n) is 10.9. The quantitative estimate of drug-likeness (QED) is 0.208. The number of rotatable bonds is 5. The van der Waals surface area contributed by atoms with Crippen molar-refractivity contribution in [2.24, 2.45) is 0 Å². The summed E-state index contributed by atoms with van der Waals surface area (Å²) in [6.07, 6.45) is 0. The van der Waals surface area contributed by atoms with Gasteiger partial charge < -0.3 is 4.42 Å². The van der Waals surface area contributed by atoms with Crippen molar-refractivity contribution in [2.45, 2.75) is 6.92 Å². The second-order valence-corrected chi connectivity index (χ2v) is 10.9. The highest BCUT2D eigenvalue weighted by Crippen LogP contribution is 2.38. The molecule has 0 saturated carbocycles. The van der Waals surface area contributed by atoms with Crippen LogP contribution in [0.4, 0.5) is 0 Å². The number of hydrogen-bond donors (Lipinski definition) is 0. The van der Waals surface area contributed by atoms with Crippen LogP contribution in [0.3, 0.4) is 0 Å². The summed E-state index contributed by atoms with van der Waals surface area (Å²) in [5.74, 6) is 1.94. The molecule has 8 aromatic rings. The van der Waals surface area contributed by atoms with Gasteiger partial charge in [-0.05, 0) is 47.4 Å². The lowest BCUT2D eigenvalue weighted by atomic mass is 9.93. The van der Waals surface area contributed by atoms with Gasteiger partial charge in [0.25, 0.3) is 0 Å². The smallest absolute Gasteiger partial charge is 0.164 e. The molecule has 0 aliphatic heterocycles. The third-order valence-corrected chi connectivity index (χ3v) is 8.08. The molecule has 44 heavy (non-hydrogen) atoms. The predicted molar refractivity (Wildman–Crippen MR) is 179 cm³/mol. The van der Waals surface area contributed by atoms with Gasteiger partial charge in [-0.3, -0.25) is 0 Å². The van der Waals surface area contributed by atoms with Crippen molar-refractivity contribution < 1.29 is 4.42 Å². The fourth-order valence-corrected chi connectivity index (χ4v) is 5.84. The fourth-order valence-electron chi connectivity index (χ4n) is 5.84. The molecular formula is C40H27N3O. The topological polar surface area (TPSA) is 51.8 Å². The van der Waals surface area contributed by atoms with E-state index in [0.29, 0.717) is 17.5 Å². The number of furan rings is 1. The van der Waals surface area contributed by atoms with Crippen LogP contribution in [0.5, 0.6) is 0 Å². The van der Waals surface area contributed by atoms with Gasteiger partial charge in [-0.1, -0.05) is 127 Å². The second kappa shape index (κ2) is 10.8. The lowest BCUT2D eigenvalue weighted by molar-refractivity contribution is 0.670. The zero-order chi connectivity index (χ0) is 29.5. The molecule has 4 heteroatoms. The van der Waals surface area contributed by atoms with E-state index in [1.807, 2.05) is 72.8 Å². The van der Waals surface area contributed by atoms with Crippen molar-refractivity contribution in [1.82, 2.24) is 15.0 Å². The van der Waals surface area contributed by atoms with E-state index in [0.717, 1.165) is 60.9 Å². The molecule has 0 saturated heterocycles. The first-order valence-corrected chi connectivity index (χ1v) is 14.7. The van der Waals surface area contributed by atoms with Gasteiger partial charge >= 0.3 is 0 Å².